The van der Waals surface area contributed by atoms with E-state index in [0.29, 0.717) is 22.5 Å². The molecule has 0 bridgehead atoms. The summed E-state index contributed by atoms with van der Waals surface area (Å²) in [6, 6.07) is 14.4. The van der Waals surface area contributed by atoms with Crippen LogP contribution in [-0.2, 0) is 10.0 Å². The van der Waals surface area contributed by atoms with Gasteiger partial charge in [-0.15, -0.1) is 10.2 Å². The van der Waals surface area contributed by atoms with Crippen LogP contribution in [0.25, 0.3) is 11.3 Å². The van der Waals surface area contributed by atoms with E-state index in [1.54, 1.807) is 25.1 Å². The van der Waals surface area contributed by atoms with Crippen LogP contribution in [0.2, 0.25) is 0 Å². The Bertz CT molecular complexity index is 1270. The molecule has 2 heterocycles. The fourth-order valence-corrected chi connectivity index (χ4v) is 5.14. The molecule has 4 rings (SSSR count). The quantitative estimate of drug-likeness (QED) is 0.422. The first-order chi connectivity index (χ1) is 15.7. The third kappa shape index (κ3) is 5.11. The summed E-state index contributed by atoms with van der Waals surface area (Å²) in [5.74, 6) is 1.56. The molecule has 2 aromatic carbocycles. The lowest BCUT2D eigenvalue weighted by atomic mass is 9.99. The molecule has 0 amide bonds. The van der Waals surface area contributed by atoms with Crippen molar-refractivity contribution in [1.82, 2.24) is 10.2 Å². The van der Waals surface area contributed by atoms with Gasteiger partial charge in [-0.25, -0.2) is 8.42 Å². The highest BCUT2D eigenvalue weighted by Gasteiger charge is 2.21. The SMILES string of the molecule is Cc1ccc([N+](=O)[O-])cc1S(=O)(=O)Nc1cccc(-c2ccc(N3CCC(C)CC3)nn2)c1. The molecule has 172 valence electrons. The number of piperidine rings is 1. The van der Waals surface area contributed by atoms with Crippen molar-refractivity contribution in [3.63, 3.8) is 0 Å². The lowest BCUT2D eigenvalue weighted by Crippen LogP contribution is -2.33. The van der Waals surface area contributed by atoms with Gasteiger partial charge >= 0.3 is 0 Å². The van der Waals surface area contributed by atoms with E-state index >= 15 is 0 Å². The molecule has 10 heteroatoms. The standard InChI is InChI=1S/C23H25N5O4S/c1-16-10-12-27(13-11-16)23-9-8-21(24-25-23)18-4-3-5-19(14-18)26-33(31,32)22-15-20(28(29)30)7-6-17(22)2/h3-9,14-16,26H,10-13H2,1-2H3. The Hall–Kier alpha value is -3.53. The minimum absolute atomic E-state index is 0.137. The van der Waals surface area contributed by atoms with Crippen LogP contribution < -0.4 is 9.62 Å². The first-order valence-electron chi connectivity index (χ1n) is 10.7. The van der Waals surface area contributed by atoms with Gasteiger partial charge in [0, 0.05) is 36.5 Å². The van der Waals surface area contributed by atoms with E-state index in [1.165, 1.54) is 12.1 Å². The number of hydrogen-bond acceptors (Lipinski definition) is 7. The number of benzene rings is 2. The molecule has 1 fully saturated rings. The van der Waals surface area contributed by atoms with Gasteiger partial charge in [-0.2, -0.15) is 0 Å². The van der Waals surface area contributed by atoms with E-state index in [-0.39, 0.29) is 10.6 Å². The highest BCUT2D eigenvalue weighted by atomic mass is 32.2. The van der Waals surface area contributed by atoms with Crippen molar-refractivity contribution in [3.8, 4) is 11.3 Å². The second kappa shape index (κ2) is 9.14. The summed E-state index contributed by atoms with van der Waals surface area (Å²) in [5, 5.41) is 19.8. The van der Waals surface area contributed by atoms with Crippen molar-refractivity contribution >= 4 is 27.2 Å². The van der Waals surface area contributed by atoms with Crippen molar-refractivity contribution in [1.29, 1.82) is 0 Å². The second-order valence-electron chi connectivity index (χ2n) is 8.34. The summed E-state index contributed by atoms with van der Waals surface area (Å²) in [6.45, 7) is 5.77. The van der Waals surface area contributed by atoms with E-state index in [2.05, 4.69) is 26.7 Å². The topological polar surface area (TPSA) is 118 Å². The molecule has 1 N–H and O–H groups in total. The second-order valence-corrected chi connectivity index (χ2v) is 9.99. The molecule has 3 aromatic rings. The van der Waals surface area contributed by atoms with Crippen molar-refractivity contribution in [2.24, 2.45) is 5.92 Å². The molecule has 1 aromatic heterocycles. The number of nitrogens with zero attached hydrogens (tertiary/aromatic N) is 4. The third-order valence-corrected chi connectivity index (χ3v) is 7.36. The molecular weight excluding hydrogens is 442 g/mol. The largest absolute Gasteiger partial charge is 0.355 e. The van der Waals surface area contributed by atoms with E-state index in [1.807, 2.05) is 18.2 Å². The van der Waals surface area contributed by atoms with Crippen molar-refractivity contribution in [2.45, 2.75) is 31.6 Å². The summed E-state index contributed by atoms with van der Waals surface area (Å²) in [7, 11) is -4.02. The molecule has 1 aliphatic heterocycles. The van der Waals surface area contributed by atoms with Crippen molar-refractivity contribution in [3.05, 3.63) is 70.3 Å². The maximum Gasteiger partial charge on any atom is 0.270 e. The van der Waals surface area contributed by atoms with Crippen LogP contribution in [-0.4, -0.2) is 36.6 Å². The Morgan fingerprint density at radius 2 is 1.82 bits per heavy atom. The van der Waals surface area contributed by atoms with E-state index in [9.17, 15) is 18.5 Å². The number of aryl methyl sites for hydroxylation is 1. The smallest absolute Gasteiger partial charge is 0.270 e. The van der Waals surface area contributed by atoms with Gasteiger partial charge in [0.05, 0.1) is 15.5 Å². The summed E-state index contributed by atoms with van der Waals surface area (Å²) in [5.41, 5.74) is 1.79. The summed E-state index contributed by atoms with van der Waals surface area (Å²) in [6.07, 6.45) is 2.27. The summed E-state index contributed by atoms with van der Waals surface area (Å²) in [4.78, 5) is 12.5. The predicted molar refractivity (Wildman–Crippen MR) is 127 cm³/mol. The van der Waals surface area contributed by atoms with E-state index in [0.717, 1.165) is 43.7 Å². The third-order valence-electron chi connectivity index (χ3n) is 5.84. The maximum atomic E-state index is 12.9. The van der Waals surface area contributed by atoms with Gasteiger partial charge in [0.2, 0.25) is 0 Å². The number of hydrogen-bond donors (Lipinski definition) is 1. The number of sulfonamides is 1. The van der Waals surface area contributed by atoms with Crippen LogP contribution >= 0.6 is 0 Å². The lowest BCUT2D eigenvalue weighted by molar-refractivity contribution is -0.385. The van der Waals surface area contributed by atoms with Crippen LogP contribution in [0.1, 0.15) is 25.3 Å². The van der Waals surface area contributed by atoms with Gasteiger partial charge in [0.1, 0.15) is 0 Å². The molecule has 0 spiro atoms. The zero-order valence-corrected chi connectivity index (χ0v) is 19.2. The number of aromatic nitrogens is 2. The van der Waals surface area contributed by atoms with Crippen LogP contribution in [0, 0.1) is 23.0 Å². The number of nitro groups is 1. The Balaban J connectivity index is 1.55. The van der Waals surface area contributed by atoms with E-state index in [4.69, 9.17) is 0 Å². The molecular formula is C23H25N5O4S. The molecule has 0 atom stereocenters. The highest BCUT2D eigenvalue weighted by Crippen LogP contribution is 2.27. The van der Waals surface area contributed by atoms with Crippen LogP contribution in [0.3, 0.4) is 0 Å². The molecule has 0 aliphatic carbocycles. The van der Waals surface area contributed by atoms with Crippen LogP contribution in [0.15, 0.2) is 59.5 Å². The number of nitro benzene ring substituents is 1. The van der Waals surface area contributed by atoms with Gasteiger partial charge in [-0.3, -0.25) is 14.8 Å². The average molecular weight is 468 g/mol. The first kappa shape index (κ1) is 22.7. The van der Waals surface area contributed by atoms with Gasteiger partial charge in [-0.05, 0) is 55.5 Å². The Morgan fingerprint density at radius 3 is 2.48 bits per heavy atom. The zero-order valence-electron chi connectivity index (χ0n) is 18.4. The Morgan fingerprint density at radius 1 is 1.06 bits per heavy atom. The van der Waals surface area contributed by atoms with Crippen LogP contribution in [0.5, 0.6) is 0 Å². The maximum absolute atomic E-state index is 12.9. The van der Waals surface area contributed by atoms with Gasteiger partial charge in [-0.1, -0.05) is 25.1 Å². The lowest BCUT2D eigenvalue weighted by Gasteiger charge is -2.30. The average Bonchev–Trinajstić information content (AvgIpc) is 2.79. The number of nitrogens with one attached hydrogen (secondary N) is 1. The minimum Gasteiger partial charge on any atom is -0.355 e. The minimum atomic E-state index is -4.02. The van der Waals surface area contributed by atoms with Crippen molar-refractivity contribution in [2.75, 3.05) is 22.7 Å². The zero-order chi connectivity index (χ0) is 23.6. The molecule has 33 heavy (non-hydrogen) atoms. The summed E-state index contributed by atoms with van der Waals surface area (Å²) >= 11 is 0. The monoisotopic (exact) mass is 467 g/mol. The molecule has 9 nitrogen and oxygen atoms in total. The molecule has 0 unspecified atom stereocenters. The van der Waals surface area contributed by atoms with E-state index < -0.39 is 14.9 Å². The highest BCUT2D eigenvalue weighted by molar-refractivity contribution is 7.92. The number of rotatable bonds is 6. The fraction of sp³-hybridized carbons (Fsp3) is 0.304. The Labute approximate surface area is 192 Å². The molecule has 1 aliphatic rings. The summed E-state index contributed by atoms with van der Waals surface area (Å²) < 4.78 is 28.4. The molecule has 0 saturated carbocycles. The fourth-order valence-electron chi connectivity index (χ4n) is 3.83. The van der Waals surface area contributed by atoms with Gasteiger partial charge < -0.3 is 4.90 Å². The number of non-ortho nitro benzene ring substituents is 1. The normalized spacial score (nSPS) is 14.8. The van der Waals surface area contributed by atoms with Crippen LogP contribution in [0.4, 0.5) is 17.2 Å². The number of anilines is 2. The molecule has 1 saturated heterocycles. The van der Waals surface area contributed by atoms with Gasteiger partial charge in [0.15, 0.2) is 5.82 Å². The first-order valence-corrected chi connectivity index (χ1v) is 12.2. The predicted octanol–water partition coefficient (Wildman–Crippen LogP) is 4.40. The molecule has 0 radical (unpaired) electrons. The Kier molecular flexibility index (Phi) is 6.28. The van der Waals surface area contributed by atoms with Crippen molar-refractivity contribution < 1.29 is 13.3 Å². The van der Waals surface area contributed by atoms with Gasteiger partial charge in [0.25, 0.3) is 15.7 Å².